The van der Waals surface area contributed by atoms with Crippen LogP contribution in [0.3, 0.4) is 0 Å². The fraction of sp³-hybridized carbons (Fsp3) is 0.375. The molecule has 3 aromatic heterocycles. The Morgan fingerprint density at radius 3 is 2.66 bits per heavy atom. The van der Waals surface area contributed by atoms with Gasteiger partial charge in [0.1, 0.15) is 18.1 Å². The zero-order chi connectivity index (χ0) is 29.6. The Labute approximate surface area is 257 Å². The highest BCUT2D eigenvalue weighted by molar-refractivity contribution is 6.30. The van der Waals surface area contributed by atoms with Crippen LogP contribution in [0.1, 0.15) is 48.2 Å². The van der Waals surface area contributed by atoms with E-state index in [9.17, 15) is 4.79 Å². The average molecular weight is 615 g/mol. The fourth-order valence-corrected chi connectivity index (χ4v) is 6.52. The number of para-hydroxylation sites is 1. The molecule has 2 atom stereocenters. The van der Waals surface area contributed by atoms with Gasteiger partial charge in [0.25, 0.3) is 0 Å². The first-order valence-electron chi connectivity index (χ1n) is 15.0. The lowest BCUT2D eigenvalue weighted by Crippen LogP contribution is -2.35. The van der Waals surface area contributed by atoms with Gasteiger partial charge in [-0.25, -0.2) is 9.78 Å². The number of pyridine rings is 1. The van der Waals surface area contributed by atoms with Crippen molar-refractivity contribution in [3.63, 3.8) is 0 Å². The van der Waals surface area contributed by atoms with E-state index in [1.165, 1.54) is 5.56 Å². The van der Waals surface area contributed by atoms with Crippen LogP contribution in [0.4, 0.5) is 0 Å². The van der Waals surface area contributed by atoms with E-state index in [0.717, 1.165) is 86.0 Å². The largest absolute Gasteiger partial charge is 0.485 e. The summed E-state index contributed by atoms with van der Waals surface area (Å²) in [6, 6.07) is 15.8. The van der Waals surface area contributed by atoms with E-state index in [1.54, 1.807) is 6.20 Å². The second-order valence-corrected chi connectivity index (χ2v) is 12.1. The summed E-state index contributed by atoms with van der Waals surface area (Å²) in [5.41, 5.74) is 4.51. The smallest absolute Gasteiger partial charge is 0.439 e. The summed E-state index contributed by atoms with van der Waals surface area (Å²) in [6.07, 6.45) is 4.86. The maximum Gasteiger partial charge on any atom is 0.439 e. The van der Waals surface area contributed by atoms with Gasteiger partial charge in [0.05, 0.1) is 36.4 Å². The van der Waals surface area contributed by atoms with Crippen molar-refractivity contribution in [1.82, 2.24) is 29.6 Å². The van der Waals surface area contributed by atoms with Crippen LogP contribution >= 0.6 is 11.6 Å². The van der Waals surface area contributed by atoms with Crippen molar-refractivity contribution in [1.29, 1.82) is 0 Å². The molecule has 0 radical (unpaired) electrons. The Kier molecular flexibility index (Phi) is 7.08. The first-order valence-corrected chi connectivity index (χ1v) is 15.4. The molecule has 226 valence electrons. The van der Waals surface area contributed by atoms with Crippen LogP contribution in [0, 0.1) is 0 Å². The number of fused-ring (bicyclic) bond motifs is 2. The summed E-state index contributed by atoms with van der Waals surface area (Å²) in [6.45, 7) is 4.59. The number of imidazole rings is 1. The van der Waals surface area contributed by atoms with Crippen molar-refractivity contribution in [3.05, 3.63) is 87.3 Å². The van der Waals surface area contributed by atoms with E-state index >= 15 is 0 Å². The molecule has 0 spiro atoms. The molecule has 3 aliphatic rings. The first kappa shape index (κ1) is 27.4. The predicted molar refractivity (Wildman–Crippen MR) is 162 cm³/mol. The number of hydrogen-bond donors (Lipinski definition) is 1. The normalized spacial score (nSPS) is 20.6. The fourth-order valence-electron chi connectivity index (χ4n) is 6.39. The van der Waals surface area contributed by atoms with Crippen LogP contribution in [0.15, 0.2) is 64.0 Å². The molecule has 0 amide bonds. The number of likely N-dealkylation sites (tertiary alicyclic amines) is 1. The molecular weight excluding hydrogens is 584 g/mol. The second kappa shape index (κ2) is 11.4. The molecule has 5 aromatic rings. The summed E-state index contributed by atoms with van der Waals surface area (Å²) >= 11 is 6.07. The third-order valence-electron chi connectivity index (χ3n) is 8.87. The van der Waals surface area contributed by atoms with Crippen molar-refractivity contribution in [3.8, 4) is 23.0 Å². The zero-order valence-electron chi connectivity index (χ0n) is 23.9. The molecule has 0 aliphatic carbocycles. The quantitative estimate of drug-likeness (QED) is 0.267. The van der Waals surface area contributed by atoms with Gasteiger partial charge in [-0.15, -0.1) is 0 Å². The Hall–Kier alpha value is -4.19. The molecule has 2 aromatic carbocycles. The van der Waals surface area contributed by atoms with Crippen LogP contribution in [0.5, 0.6) is 11.5 Å². The van der Waals surface area contributed by atoms with Gasteiger partial charge in [-0.3, -0.25) is 19.4 Å². The van der Waals surface area contributed by atoms with E-state index < -0.39 is 5.76 Å². The van der Waals surface area contributed by atoms with Crippen LogP contribution in [0.25, 0.3) is 22.6 Å². The van der Waals surface area contributed by atoms with E-state index in [1.807, 2.05) is 36.4 Å². The van der Waals surface area contributed by atoms with Gasteiger partial charge >= 0.3 is 5.76 Å². The van der Waals surface area contributed by atoms with Crippen molar-refractivity contribution in [2.45, 2.75) is 50.5 Å². The highest BCUT2D eigenvalue weighted by Gasteiger charge is 2.30. The Balaban J connectivity index is 0.979. The number of piperidine rings is 1. The standard InChI is InChI=1S/C32H31ClN6O5/c33-21-6-4-20(5-7-21)28-18-42-30-23(2-1-3-27(30)43-28)19-8-11-38(12-9-19)17-29-35-24-14-25(31-36-32(40)44-37-31)34-15-26(24)39(29)16-22-10-13-41-22/h1-7,14-15,19,22,28H,8-13,16-18H2,(H,36,37,40)/t22-,28-/m0/s1. The summed E-state index contributed by atoms with van der Waals surface area (Å²) in [7, 11) is 0. The zero-order valence-corrected chi connectivity index (χ0v) is 24.7. The minimum atomic E-state index is -0.615. The first-order chi connectivity index (χ1) is 21.6. The highest BCUT2D eigenvalue weighted by Crippen LogP contribution is 2.44. The third-order valence-corrected chi connectivity index (χ3v) is 9.12. The van der Waals surface area contributed by atoms with Gasteiger partial charge < -0.3 is 18.8 Å². The minimum absolute atomic E-state index is 0.161. The minimum Gasteiger partial charge on any atom is -0.485 e. The van der Waals surface area contributed by atoms with Crippen molar-refractivity contribution in [2.24, 2.45) is 0 Å². The molecule has 11 nitrogen and oxygen atoms in total. The van der Waals surface area contributed by atoms with Crippen molar-refractivity contribution in [2.75, 3.05) is 26.3 Å². The van der Waals surface area contributed by atoms with Gasteiger partial charge in [-0.1, -0.05) is 41.0 Å². The number of nitrogens with one attached hydrogen (secondary N) is 1. The summed E-state index contributed by atoms with van der Waals surface area (Å²) < 4.78 is 25.4. The van der Waals surface area contributed by atoms with Gasteiger partial charge in [0.15, 0.2) is 17.6 Å². The lowest BCUT2D eigenvalue weighted by Gasteiger charge is -2.35. The van der Waals surface area contributed by atoms with Gasteiger partial charge in [-0.05, 0) is 68.1 Å². The van der Waals surface area contributed by atoms with Crippen LogP contribution in [-0.2, 0) is 17.8 Å². The number of halogens is 1. The maximum atomic E-state index is 11.5. The molecule has 0 unspecified atom stereocenters. The molecule has 1 N–H and O–H groups in total. The average Bonchev–Trinajstić information content (AvgIpc) is 3.61. The third kappa shape index (κ3) is 5.25. The highest BCUT2D eigenvalue weighted by atomic mass is 35.5. The van der Waals surface area contributed by atoms with Crippen LogP contribution < -0.4 is 15.2 Å². The number of benzene rings is 2. The number of H-pyrrole nitrogens is 1. The Bertz CT molecular complexity index is 1860. The lowest BCUT2D eigenvalue weighted by atomic mass is 9.88. The van der Waals surface area contributed by atoms with Gasteiger partial charge in [0.2, 0.25) is 5.82 Å². The number of aromatic nitrogens is 5. The molecule has 2 saturated heterocycles. The van der Waals surface area contributed by atoms with Crippen LogP contribution in [-0.4, -0.2) is 62.0 Å². The van der Waals surface area contributed by atoms with Crippen molar-refractivity contribution >= 4 is 22.6 Å². The molecule has 2 fully saturated rings. The summed E-state index contributed by atoms with van der Waals surface area (Å²) in [5.74, 6) is 2.70. The molecule has 0 bridgehead atoms. The predicted octanol–water partition coefficient (Wildman–Crippen LogP) is 5.11. The van der Waals surface area contributed by atoms with Crippen LogP contribution in [0.2, 0.25) is 5.02 Å². The monoisotopic (exact) mass is 614 g/mol. The van der Waals surface area contributed by atoms with Gasteiger partial charge in [-0.2, -0.15) is 0 Å². The molecule has 12 heteroatoms. The summed E-state index contributed by atoms with van der Waals surface area (Å²) in [4.78, 5) is 26.0. The lowest BCUT2D eigenvalue weighted by molar-refractivity contribution is -0.0592. The second-order valence-electron chi connectivity index (χ2n) is 11.6. The molecule has 3 aliphatic heterocycles. The molecule has 44 heavy (non-hydrogen) atoms. The Morgan fingerprint density at radius 1 is 1.07 bits per heavy atom. The van der Waals surface area contributed by atoms with E-state index in [2.05, 4.69) is 41.2 Å². The number of hydrogen-bond acceptors (Lipinski definition) is 9. The topological polar surface area (TPSA) is 121 Å². The van der Waals surface area contributed by atoms with E-state index in [-0.39, 0.29) is 18.0 Å². The molecule has 0 saturated carbocycles. The van der Waals surface area contributed by atoms with E-state index in [4.69, 9.17) is 30.8 Å². The van der Waals surface area contributed by atoms with Crippen molar-refractivity contribution < 1.29 is 18.7 Å². The van der Waals surface area contributed by atoms with Gasteiger partial charge in [0, 0.05) is 17.2 Å². The number of ether oxygens (including phenoxy) is 3. The Morgan fingerprint density at radius 2 is 1.91 bits per heavy atom. The molecule has 8 rings (SSSR count). The molecular formula is C32H31ClN6O5. The number of nitrogens with zero attached hydrogens (tertiary/aromatic N) is 5. The maximum absolute atomic E-state index is 11.5. The van der Waals surface area contributed by atoms with E-state index in [0.29, 0.717) is 23.2 Å². The SMILES string of the molecule is O=c1[nH]c(-c2cc3nc(CN4CCC(c5cccc6c5OC[C@@H](c5ccc(Cl)cc5)O6)CC4)n(C[C@@H]4CCO4)c3cn2)no1. The summed E-state index contributed by atoms with van der Waals surface area (Å²) in [5, 5.41) is 4.48. The molecule has 6 heterocycles. The number of aromatic amines is 1. The number of rotatable bonds is 7.